The summed E-state index contributed by atoms with van der Waals surface area (Å²) in [5.74, 6) is -1.64. The van der Waals surface area contributed by atoms with Crippen LogP contribution in [0.4, 0.5) is 4.79 Å². The highest BCUT2D eigenvalue weighted by atomic mass is 16.4. The predicted molar refractivity (Wildman–Crippen MR) is 59.1 cm³/mol. The zero-order valence-corrected chi connectivity index (χ0v) is 9.88. The Kier molecular flexibility index (Phi) is 6.67. The van der Waals surface area contributed by atoms with Gasteiger partial charge in [-0.2, -0.15) is 5.26 Å². The molecule has 7 heteroatoms. The number of amides is 2. The first-order valence-corrected chi connectivity index (χ1v) is 5.24. The van der Waals surface area contributed by atoms with Gasteiger partial charge >= 0.3 is 12.0 Å². The summed E-state index contributed by atoms with van der Waals surface area (Å²) in [6.07, 6.45) is 0. The monoisotopic (exact) mass is 243 g/mol. The fourth-order valence-corrected chi connectivity index (χ4v) is 1.15. The van der Waals surface area contributed by atoms with Crippen LogP contribution in [0.5, 0.6) is 0 Å². The summed E-state index contributed by atoms with van der Waals surface area (Å²) in [4.78, 5) is 23.6. The minimum absolute atomic E-state index is 0.219. The maximum Gasteiger partial charge on any atom is 0.328 e. The van der Waals surface area contributed by atoms with Crippen LogP contribution in [0.25, 0.3) is 0 Å². The van der Waals surface area contributed by atoms with Gasteiger partial charge in [-0.1, -0.05) is 0 Å². The van der Waals surface area contributed by atoms with Gasteiger partial charge in [-0.05, 0) is 13.8 Å². The molecule has 96 valence electrons. The lowest BCUT2D eigenvalue weighted by Crippen LogP contribution is -2.50. The minimum Gasteiger partial charge on any atom is -0.480 e. The number of carboxylic acids is 1. The van der Waals surface area contributed by atoms with E-state index in [0.717, 1.165) is 0 Å². The first kappa shape index (κ1) is 15.2. The molecule has 3 N–H and O–H groups in total. The normalized spacial score (nSPS) is 13.3. The first-order chi connectivity index (χ1) is 7.96. The minimum atomic E-state index is -1.33. The summed E-state index contributed by atoms with van der Waals surface area (Å²) >= 11 is 0. The number of urea groups is 1. The van der Waals surface area contributed by atoms with Crippen molar-refractivity contribution < 1.29 is 19.8 Å². The molecule has 2 amide bonds. The van der Waals surface area contributed by atoms with Gasteiger partial charge in [0.1, 0.15) is 0 Å². The molecule has 0 aromatic heterocycles. The topological polar surface area (TPSA) is 114 Å². The Hall–Kier alpha value is -1.81. The van der Waals surface area contributed by atoms with Gasteiger partial charge in [0.15, 0.2) is 6.04 Å². The summed E-state index contributed by atoms with van der Waals surface area (Å²) in [5, 5.41) is 28.2. The third kappa shape index (κ3) is 5.17. The second-order valence-corrected chi connectivity index (χ2v) is 3.59. The van der Waals surface area contributed by atoms with Gasteiger partial charge in [0, 0.05) is 13.1 Å². The van der Waals surface area contributed by atoms with Crippen molar-refractivity contribution in [1.29, 1.82) is 5.26 Å². The highest BCUT2D eigenvalue weighted by molar-refractivity contribution is 5.82. The van der Waals surface area contributed by atoms with Crippen LogP contribution in [-0.4, -0.2) is 52.9 Å². The molecular weight excluding hydrogens is 226 g/mol. The van der Waals surface area contributed by atoms with E-state index in [1.807, 2.05) is 6.07 Å². The fourth-order valence-electron chi connectivity index (χ4n) is 1.15. The molecular formula is C10H17N3O4. The molecule has 17 heavy (non-hydrogen) atoms. The number of nitriles is 1. The summed E-state index contributed by atoms with van der Waals surface area (Å²) in [6, 6.07) is 0.0614. The zero-order valence-electron chi connectivity index (χ0n) is 9.88. The lowest BCUT2D eigenvalue weighted by Gasteiger charge is -2.24. The Morgan fingerprint density at radius 2 is 2.12 bits per heavy atom. The third-order valence-electron chi connectivity index (χ3n) is 2.16. The Morgan fingerprint density at radius 3 is 2.47 bits per heavy atom. The maximum atomic E-state index is 11.6. The Bertz CT molecular complexity index is 313. The average Bonchev–Trinajstić information content (AvgIpc) is 2.31. The number of nitrogens with zero attached hydrogens (tertiary/aromatic N) is 2. The summed E-state index contributed by atoms with van der Waals surface area (Å²) < 4.78 is 0. The van der Waals surface area contributed by atoms with Crippen LogP contribution in [0.1, 0.15) is 13.8 Å². The molecule has 1 unspecified atom stereocenters. The van der Waals surface area contributed by atoms with Gasteiger partial charge < -0.3 is 20.4 Å². The van der Waals surface area contributed by atoms with Crippen LogP contribution in [0.15, 0.2) is 0 Å². The Labute approximate surface area is 99.6 Å². The van der Waals surface area contributed by atoms with Crippen molar-refractivity contribution in [3.8, 4) is 6.07 Å². The van der Waals surface area contributed by atoms with E-state index in [1.54, 1.807) is 13.8 Å². The number of aliphatic carboxylic acids is 1. The van der Waals surface area contributed by atoms with Crippen LogP contribution in [-0.2, 0) is 4.79 Å². The Morgan fingerprint density at radius 1 is 1.53 bits per heavy atom. The number of rotatable bonds is 6. The first-order valence-electron chi connectivity index (χ1n) is 5.24. The highest BCUT2D eigenvalue weighted by Crippen LogP contribution is 1.99. The molecule has 0 bridgehead atoms. The molecule has 7 nitrogen and oxygen atoms in total. The Balaban J connectivity index is 4.45. The molecule has 0 aliphatic heterocycles. The van der Waals surface area contributed by atoms with Gasteiger partial charge in [-0.25, -0.2) is 9.59 Å². The molecule has 2 atom stereocenters. The van der Waals surface area contributed by atoms with E-state index in [1.165, 1.54) is 4.90 Å². The summed E-state index contributed by atoms with van der Waals surface area (Å²) in [7, 11) is 0. The number of nitrogens with one attached hydrogen (secondary N) is 1. The van der Waals surface area contributed by atoms with Gasteiger partial charge in [-0.3, -0.25) is 0 Å². The average molecular weight is 243 g/mol. The highest BCUT2D eigenvalue weighted by Gasteiger charge is 2.22. The van der Waals surface area contributed by atoms with E-state index in [-0.39, 0.29) is 12.5 Å². The van der Waals surface area contributed by atoms with Gasteiger partial charge in [-0.15, -0.1) is 0 Å². The molecule has 0 aromatic carbocycles. The lowest BCUT2D eigenvalue weighted by atomic mass is 10.2. The molecule has 0 rings (SSSR count). The van der Waals surface area contributed by atoms with Crippen molar-refractivity contribution in [2.45, 2.75) is 19.9 Å². The van der Waals surface area contributed by atoms with E-state index in [4.69, 9.17) is 15.5 Å². The molecule has 0 fully saturated rings. The van der Waals surface area contributed by atoms with E-state index < -0.39 is 24.6 Å². The smallest absolute Gasteiger partial charge is 0.328 e. The molecule has 0 aromatic rings. The second-order valence-electron chi connectivity index (χ2n) is 3.59. The number of hydrogen-bond donors (Lipinski definition) is 3. The van der Waals surface area contributed by atoms with Crippen LogP contribution >= 0.6 is 0 Å². The maximum absolute atomic E-state index is 11.6. The van der Waals surface area contributed by atoms with E-state index in [9.17, 15) is 9.59 Å². The van der Waals surface area contributed by atoms with Crippen LogP contribution < -0.4 is 5.32 Å². The molecule has 0 saturated heterocycles. The number of hydrogen-bond acceptors (Lipinski definition) is 4. The van der Waals surface area contributed by atoms with Crippen LogP contribution in [0.2, 0.25) is 0 Å². The largest absolute Gasteiger partial charge is 0.480 e. The van der Waals surface area contributed by atoms with E-state index >= 15 is 0 Å². The van der Waals surface area contributed by atoms with Crippen molar-refractivity contribution in [1.82, 2.24) is 10.2 Å². The molecule has 0 spiro atoms. The van der Waals surface area contributed by atoms with Gasteiger partial charge in [0.05, 0.1) is 18.6 Å². The van der Waals surface area contributed by atoms with Crippen molar-refractivity contribution >= 4 is 12.0 Å². The predicted octanol–water partition coefficient (Wildman–Crippen LogP) is -0.377. The number of aliphatic hydroxyl groups is 1. The van der Waals surface area contributed by atoms with Crippen molar-refractivity contribution in [2.75, 3.05) is 19.7 Å². The van der Waals surface area contributed by atoms with Gasteiger partial charge in [0.2, 0.25) is 0 Å². The van der Waals surface area contributed by atoms with Crippen LogP contribution in [0, 0.1) is 17.2 Å². The lowest BCUT2D eigenvalue weighted by molar-refractivity contribution is -0.140. The van der Waals surface area contributed by atoms with E-state index in [0.29, 0.717) is 6.54 Å². The molecule has 0 heterocycles. The zero-order chi connectivity index (χ0) is 13.4. The number of aliphatic hydroxyl groups excluding tert-OH is 1. The van der Waals surface area contributed by atoms with Gasteiger partial charge in [0.25, 0.3) is 0 Å². The molecule has 0 aliphatic rings. The third-order valence-corrected chi connectivity index (χ3v) is 2.16. The van der Waals surface area contributed by atoms with Crippen molar-refractivity contribution in [2.24, 2.45) is 5.92 Å². The van der Waals surface area contributed by atoms with Crippen molar-refractivity contribution in [3.05, 3.63) is 0 Å². The quantitative estimate of drug-likeness (QED) is 0.588. The molecule has 0 radical (unpaired) electrons. The summed E-state index contributed by atoms with van der Waals surface area (Å²) in [6.45, 7) is 3.29. The SMILES string of the molecule is CCN(CC(C)C#N)C(=O)N[C@H](CO)C(=O)O. The number of carbonyl (C=O) groups excluding carboxylic acids is 1. The second kappa shape index (κ2) is 7.46. The number of carboxylic acid groups (broad SMARTS) is 1. The summed E-state index contributed by atoms with van der Waals surface area (Å²) in [5.41, 5.74) is 0. The molecule has 0 saturated carbocycles. The fraction of sp³-hybridized carbons (Fsp3) is 0.700. The number of carbonyl (C=O) groups is 2. The molecule has 0 aliphatic carbocycles. The van der Waals surface area contributed by atoms with Crippen molar-refractivity contribution in [3.63, 3.8) is 0 Å². The standard InChI is InChI=1S/C10H17N3O4/c1-3-13(5-7(2)4-11)10(17)12-8(6-14)9(15)16/h7-8,14H,3,5-6H2,1-2H3,(H,12,17)(H,15,16)/t7?,8-/m1/s1. The van der Waals surface area contributed by atoms with E-state index in [2.05, 4.69) is 5.32 Å². The van der Waals surface area contributed by atoms with Crippen LogP contribution in [0.3, 0.4) is 0 Å².